The van der Waals surface area contributed by atoms with Crippen LogP contribution in [0.4, 0.5) is 5.82 Å². The average Bonchev–Trinajstić information content (AvgIpc) is 2.53. The predicted molar refractivity (Wildman–Crippen MR) is 40.9 cm³/mol. The highest BCUT2D eigenvalue weighted by atomic mass is 32.1. The van der Waals surface area contributed by atoms with Crippen LogP contribution in [0.3, 0.4) is 0 Å². The molecular weight excluding hydrogens is 162 g/mol. The third kappa shape index (κ3) is 0.869. The molecule has 0 aliphatic carbocycles. The van der Waals surface area contributed by atoms with E-state index >= 15 is 0 Å². The molecule has 0 N–H and O–H groups in total. The highest BCUT2D eigenvalue weighted by molar-refractivity contribution is 7.15. The van der Waals surface area contributed by atoms with Gasteiger partial charge in [0.25, 0.3) is 0 Å². The molecule has 0 amide bonds. The number of aromatic nitrogens is 2. The summed E-state index contributed by atoms with van der Waals surface area (Å²) in [6.45, 7) is 0. The van der Waals surface area contributed by atoms with Crippen LogP contribution in [-0.4, -0.2) is 15.5 Å². The number of aliphatic imine (C=N–C) groups is 1. The summed E-state index contributed by atoms with van der Waals surface area (Å²) in [5.41, 5.74) is 0. The highest BCUT2D eigenvalue weighted by Crippen LogP contribution is 2.17. The van der Waals surface area contributed by atoms with Gasteiger partial charge in [0.15, 0.2) is 10.8 Å². The van der Waals surface area contributed by atoms with E-state index in [9.17, 15) is 4.79 Å². The first-order chi connectivity index (χ1) is 5.42. The second kappa shape index (κ2) is 2.30. The quantitative estimate of drug-likeness (QED) is 0.473. The molecule has 0 aromatic carbocycles. The van der Waals surface area contributed by atoms with Crippen LogP contribution in [-0.2, 0) is 4.79 Å². The van der Waals surface area contributed by atoms with Gasteiger partial charge in [0, 0.05) is 11.6 Å². The van der Waals surface area contributed by atoms with Crippen molar-refractivity contribution in [1.29, 1.82) is 0 Å². The third-order valence-electron chi connectivity index (χ3n) is 1.29. The van der Waals surface area contributed by atoms with Gasteiger partial charge in [0.1, 0.15) is 0 Å². The fourth-order valence-electron chi connectivity index (χ4n) is 0.844. The van der Waals surface area contributed by atoms with Crippen molar-refractivity contribution < 1.29 is 4.79 Å². The number of hydrogen-bond acceptors (Lipinski definition) is 4. The summed E-state index contributed by atoms with van der Waals surface area (Å²) in [4.78, 5) is 18.2. The molecule has 0 radical (unpaired) electrons. The zero-order valence-electron chi connectivity index (χ0n) is 5.39. The van der Waals surface area contributed by atoms with Gasteiger partial charge in [0.05, 0.1) is 6.20 Å². The number of thiazole rings is 1. The Balaban J connectivity index is 2.77. The lowest BCUT2D eigenvalue weighted by Crippen LogP contribution is -1.71. The molecule has 2 aromatic rings. The minimum Gasteiger partial charge on any atom is -0.274 e. The zero-order chi connectivity index (χ0) is 7.68. The minimum absolute atomic E-state index is 0.524. The van der Waals surface area contributed by atoms with E-state index in [1.807, 2.05) is 11.6 Å². The van der Waals surface area contributed by atoms with E-state index in [1.54, 1.807) is 4.40 Å². The summed E-state index contributed by atoms with van der Waals surface area (Å²) in [5.74, 6) is 0.524. The summed E-state index contributed by atoms with van der Waals surface area (Å²) < 4.78 is 1.73. The number of carbonyl (C=O) groups excluding carboxylic acids is 1. The summed E-state index contributed by atoms with van der Waals surface area (Å²) in [5, 5.41) is 1.88. The van der Waals surface area contributed by atoms with Crippen LogP contribution in [0.2, 0.25) is 0 Å². The maximum atomic E-state index is 9.91. The van der Waals surface area contributed by atoms with Crippen molar-refractivity contribution in [1.82, 2.24) is 9.38 Å². The van der Waals surface area contributed by atoms with Crippen LogP contribution >= 0.6 is 11.3 Å². The topological polar surface area (TPSA) is 46.7 Å². The van der Waals surface area contributed by atoms with Crippen LogP contribution in [0.15, 0.2) is 22.8 Å². The van der Waals surface area contributed by atoms with Crippen LogP contribution in [0.5, 0.6) is 0 Å². The van der Waals surface area contributed by atoms with Crippen molar-refractivity contribution in [2.24, 2.45) is 4.99 Å². The Morgan fingerprint density at radius 2 is 2.64 bits per heavy atom. The average molecular weight is 165 g/mol. The SMILES string of the molecule is O=C=Nc1cnc2sccn12. The first kappa shape index (κ1) is 6.27. The Morgan fingerprint density at radius 3 is 3.45 bits per heavy atom. The Labute approximate surface area is 65.8 Å². The zero-order valence-corrected chi connectivity index (χ0v) is 6.21. The second-order valence-electron chi connectivity index (χ2n) is 1.88. The van der Waals surface area contributed by atoms with Gasteiger partial charge in [-0.25, -0.2) is 9.78 Å². The molecule has 0 saturated carbocycles. The number of rotatable bonds is 1. The number of hydrogen-bond donors (Lipinski definition) is 0. The summed E-state index contributed by atoms with van der Waals surface area (Å²) in [7, 11) is 0. The third-order valence-corrected chi connectivity index (χ3v) is 2.06. The maximum absolute atomic E-state index is 9.91. The van der Waals surface area contributed by atoms with Crippen molar-refractivity contribution in [2.45, 2.75) is 0 Å². The normalized spacial score (nSPS) is 9.82. The van der Waals surface area contributed by atoms with Crippen molar-refractivity contribution in [3.63, 3.8) is 0 Å². The Kier molecular flexibility index (Phi) is 1.31. The second-order valence-corrected chi connectivity index (χ2v) is 2.75. The smallest absolute Gasteiger partial charge is 0.242 e. The molecule has 0 atom stereocenters. The van der Waals surface area contributed by atoms with Gasteiger partial charge < -0.3 is 0 Å². The van der Waals surface area contributed by atoms with Crippen LogP contribution in [0.1, 0.15) is 0 Å². The molecule has 2 aromatic heterocycles. The molecule has 54 valence electrons. The molecular formula is C6H3N3OS. The molecule has 2 rings (SSSR count). The largest absolute Gasteiger partial charge is 0.274 e. The summed E-state index contributed by atoms with van der Waals surface area (Å²) >= 11 is 1.50. The lowest BCUT2D eigenvalue weighted by molar-refractivity contribution is 0.565. The Hall–Kier alpha value is -1.45. The molecule has 2 heterocycles. The fourth-order valence-corrected chi connectivity index (χ4v) is 1.53. The molecule has 0 aliphatic rings. The van der Waals surface area contributed by atoms with Crippen molar-refractivity contribution in [3.05, 3.63) is 17.8 Å². The van der Waals surface area contributed by atoms with Crippen molar-refractivity contribution in [3.8, 4) is 0 Å². The number of fused-ring (bicyclic) bond motifs is 1. The maximum Gasteiger partial charge on any atom is 0.242 e. The minimum atomic E-state index is 0.524. The standard InChI is InChI=1S/C6H3N3OS/c10-4-8-5-3-7-6-9(5)1-2-11-6/h1-3H. The van der Waals surface area contributed by atoms with Crippen LogP contribution in [0, 0.1) is 0 Å². The van der Waals surface area contributed by atoms with Crippen LogP contribution in [0.25, 0.3) is 4.96 Å². The number of imidazole rings is 1. The van der Waals surface area contributed by atoms with E-state index in [2.05, 4.69) is 9.98 Å². The first-order valence-corrected chi connectivity index (χ1v) is 3.78. The van der Waals surface area contributed by atoms with Crippen molar-refractivity contribution in [2.75, 3.05) is 0 Å². The monoisotopic (exact) mass is 165 g/mol. The Bertz CT molecular complexity index is 424. The molecule has 5 heteroatoms. The van der Waals surface area contributed by atoms with Crippen LogP contribution < -0.4 is 0 Å². The lowest BCUT2D eigenvalue weighted by atomic mass is 10.7. The van der Waals surface area contributed by atoms with E-state index in [0.29, 0.717) is 5.82 Å². The summed E-state index contributed by atoms with van der Waals surface area (Å²) in [6.07, 6.45) is 4.82. The van der Waals surface area contributed by atoms with Gasteiger partial charge in [-0.05, 0) is 0 Å². The van der Waals surface area contributed by atoms with Gasteiger partial charge in [-0.2, -0.15) is 0 Å². The van der Waals surface area contributed by atoms with Gasteiger partial charge in [-0.15, -0.1) is 16.3 Å². The van der Waals surface area contributed by atoms with E-state index in [1.165, 1.54) is 23.6 Å². The van der Waals surface area contributed by atoms with E-state index in [4.69, 9.17) is 0 Å². The number of nitrogens with zero attached hydrogens (tertiary/aromatic N) is 3. The number of isocyanates is 1. The summed E-state index contributed by atoms with van der Waals surface area (Å²) in [6, 6.07) is 0. The highest BCUT2D eigenvalue weighted by Gasteiger charge is 2.00. The van der Waals surface area contributed by atoms with Gasteiger partial charge in [-0.1, -0.05) is 0 Å². The molecule has 0 bridgehead atoms. The predicted octanol–water partition coefficient (Wildman–Crippen LogP) is 1.36. The van der Waals surface area contributed by atoms with E-state index in [0.717, 1.165) is 4.96 Å². The fraction of sp³-hybridized carbons (Fsp3) is 0. The molecule has 0 aliphatic heterocycles. The Morgan fingerprint density at radius 1 is 1.73 bits per heavy atom. The molecule has 11 heavy (non-hydrogen) atoms. The first-order valence-electron chi connectivity index (χ1n) is 2.90. The van der Waals surface area contributed by atoms with Gasteiger partial charge >= 0.3 is 0 Å². The molecule has 4 nitrogen and oxygen atoms in total. The van der Waals surface area contributed by atoms with E-state index < -0.39 is 0 Å². The van der Waals surface area contributed by atoms with Gasteiger partial charge in [-0.3, -0.25) is 4.40 Å². The molecule has 0 spiro atoms. The van der Waals surface area contributed by atoms with Crippen molar-refractivity contribution >= 4 is 28.2 Å². The molecule has 0 unspecified atom stereocenters. The molecule has 0 fully saturated rings. The van der Waals surface area contributed by atoms with Gasteiger partial charge in [0.2, 0.25) is 6.08 Å². The van der Waals surface area contributed by atoms with E-state index in [-0.39, 0.29) is 0 Å². The lowest BCUT2D eigenvalue weighted by Gasteiger charge is -1.81. The molecule has 0 saturated heterocycles.